The Morgan fingerprint density at radius 1 is 1.00 bits per heavy atom. The van der Waals surface area contributed by atoms with Crippen molar-refractivity contribution in [3.05, 3.63) is 29.8 Å². The first kappa shape index (κ1) is 13.2. The first-order valence-electron chi connectivity index (χ1n) is 7.38. The zero-order chi connectivity index (χ0) is 14.1. The zero-order valence-corrected chi connectivity index (χ0v) is 11.5. The number of nitrogens with two attached hydrogens (primary N) is 1. The quantitative estimate of drug-likeness (QED) is 0.664. The predicted octanol–water partition coefficient (Wildman–Crippen LogP) is 2.44. The lowest BCUT2D eigenvalue weighted by molar-refractivity contribution is -0.142. The molecule has 2 amide bonds. The summed E-state index contributed by atoms with van der Waals surface area (Å²) in [5.41, 5.74) is 7.24. The molecule has 20 heavy (non-hydrogen) atoms. The summed E-state index contributed by atoms with van der Waals surface area (Å²) in [6, 6.07) is 7.42. The van der Waals surface area contributed by atoms with Crippen molar-refractivity contribution in [2.45, 2.75) is 50.5 Å². The summed E-state index contributed by atoms with van der Waals surface area (Å²) < 4.78 is 0. The normalized spacial score (nSPS) is 24.4. The molecule has 1 heterocycles. The second kappa shape index (κ2) is 5.27. The lowest BCUT2D eigenvalue weighted by Gasteiger charge is -2.29. The van der Waals surface area contributed by atoms with Gasteiger partial charge in [-0.1, -0.05) is 31.4 Å². The second-order valence-electron chi connectivity index (χ2n) is 5.82. The monoisotopic (exact) mass is 272 g/mol. The maximum atomic E-state index is 12.6. The Balaban J connectivity index is 1.80. The van der Waals surface area contributed by atoms with Crippen molar-refractivity contribution in [2.24, 2.45) is 0 Å². The van der Waals surface area contributed by atoms with Crippen molar-refractivity contribution in [1.29, 1.82) is 0 Å². The van der Waals surface area contributed by atoms with Crippen LogP contribution in [0.2, 0.25) is 0 Å². The van der Waals surface area contributed by atoms with Gasteiger partial charge >= 0.3 is 0 Å². The van der Waals surface area contributed by atoms with Gasteiger partial charge in [0.1, 0.15) is 0 Å². The van der Waals surface area contributed by atoms with Crippen LogP contribution >= 0.6 is 0 Å². The van der Waals surface area contributed by atoms with Crippen LogP contribution in [0.5, 0.6) is 0 Å². The van der Waals surface area contributed by atoms with Crippen LogP contribution in [0.15, 0.2) is 24.3 Å². The topological polar surface area (TPSA) is 63.4 Å². The Morgan fingerprint density at radius 2 is 1.65 bits per heavy atom. The Bertz CT molecular complexity index is 518. The molecule has 0 aromatic heterocycles. The molecule has 2 fully saturated rings. The fourth-order valence-electron chi connectivity index (χ4n) is 3.36. The summed E-state index contributed by atoms with van der Waals surface area (Å²) in [5, 5.41) is 0. The van der Waals surface area contributed by atoms with Gasteiger partial charge in [-0.05, 0) is 30.5 Å². The molecule has 1 saturated carbocycles. The van der Waals surface area contributed by atoms with E-state index < -0.39 is 0 Å². The number of anilines is 1. The number of carbonyl (C=O) groups excluding carboxylic acids is 2. The molecular weight excluding hydrogens is 252 g/mol. The van der Waals surface area contributed by atoms with E-state index in [-0.39, 0.29) is 23.8 Å². The number of rotatable bonds is 2. The molecule has 1 saturated heterocycles. The molecule has 0 bridgehead atoms. The van der Waals surface area contributed by atoms with Gasteiger partial charge in [0.25, 0.3) is 0 Å². The van der Waals surface area contributed by atoms with Gasteiger partial charge in [0.05, 0.1) is 5.92 Å². The molecule has 4 nitrogen and oxygen atoms in total. The highest BCUT2D eigenvalue weighted by Gasteiger charge is 2.42. The van der Waals surface area contributed by atoms with E-state index in [2.05, 4.69) is 0 Å². The van der Waals surface area contributed by atoms with E-state index in [4.69, 9.17) is 5.73 Å². The van der Waals surface area contributed by atoms with Crippen LogP contribution < -0.4 is 5.73 Å². The van der Waals surface area contributed by atoms with Crippen molar-refractivity contribution in [3.8, 4) is 0 Å². The highest BCUT2D eigenvalue weighted by atomic mass is 16.2. The molecule has 0 radical (unpaired) electrons. The Kier molecular flexibility index (Phi) is 3.47. The van der Waals surface area contributed by atoms with E-state index in [9.17, 15) is 9.59 Å². The van der Waals surface area contributed by atoms with Crippen molar-refractivity contribution in [3.63, 3.8) is 0 Å². The molecular formula is C16H20N2O2. The molecule has 0 spiro atoms. The van der Waals surface area contributed by atoms with Crippen LogP contribution in [-0.2, 0) is 9.59 Å². The third-order valence-corrected chi connectivity index (χ3v) is 4.46. The van der Waals surface area contributed by atoms with Gasteiger partial charge in [-0.15, -0.1) is 0 Å². The first-order chi connectivity index (χ1) is 9.66. The fourth-order valence-corrected chi connectivity index (χ4v) is 3.36. The minimum Gasteiger partial charge on any atom is -0.399 e. The molecule has 106 valence electrons. The molecule has 1 aromatic carbocycles. The maximum absolute atomic E-state index is 12.6. The van der Waals surface area contributed by atoms with Crippen molar-refractivity contribution < 1.29 is 9.59 Å². The molecule has 2 aliphatic rings. The molecule has 1 aliphatic heterocycles. The third-order valence-electron chi connectivity index (χ3n) is 4.46. The third kappa shape index (κ3) is 2.30. The Labute approximate surface area is 118 Å². The number of carbonyl (C=O) groups is 2. The van der Waals surface area contributed by atoms with Crippen LogP contribution in [0.25, 0.3) is 0 Å². The SMILES string of the molecule is Nc1ccc(C2CC(=O)N(C3CCCCC3)C2=O)cc1. The molecule has 4 heteroatoms. The molecule has 1 unspecified atom stereocenters. The lowest BCUT2D eigenvalue weighted by Crippen LogP contribution is -2.41. The van der Waals surface area contributed by atoms with Gasteiger partial charge in [0.15, 0.2) is 0 Å². The number of amides is 2. The fraction of sp³-hybridized carbons (Fsp3) is 0.500. The van der Waals surface area contributed by atoms with Gasteiger partial charge in [0.2, 0.25) is 11.8 Å². The van der Waals surface area contributed by atoms with Gasteiger partial charge in [0, 0.05) is 18.2 Å². The number of hydrogen-bond acceptors (Lipinski definition) is 3. The minimum atomic E-state index is -0.315. The summed E-state index contributed by atoms with van der Waals surface area (Å²) >= 11 is 0. The highest BCUT2D eigenvalue weighted by Crippen LogP contribution is 2.34. The smallest absolute Gasteiger partial charge is 0.237 e. The van der Waals surface area contributed by atoms with Gasteiger partial charge in [-0.2, -0.15) is 0 Å². The van der Waals surface area contributed by atoms with Gasteiger partial charge in [-0.25, -0.2) is 0 Å². The number of likely N-dealkylation sites (tertiary alicyclic amines) is 1. The van der Waals surface area contributed by atoms with Crippen molar-refractivity contribution in [1.82, 2.24) is 4.90 Å². The molecule has 1 atom stereocenters. The summed E-state index contributed by atoms with van der Waals surface area (Å²) in [7, 11) is 0. The summed E-state index contributed by atoms with van der Waals surface area (Å²) in [5.74, 6) is -0.347. The van der Waals surface area contributed by atoms with Crippen LogP contribution in [-0.4, -0.2) is 22.8 Å². The minimum absolute atomic E-state index is 0.0104. The van der Waals surface area contributed by atoms with Gasteiger partial charge < -0.3 is 5.73 Å². The molecule has 1 aliphatic carbocycles. The number of benzene rings is 1. The van der Waals surface area contributed by atoms with E-state index >= 15 is 0 Å². The highest BCUT2D eigenvalue weighted by molar-refractivity contribution is 6.06. The van der Waals surface area contributed by atoms with E-state index in [0.717, 1.165) is 31.2 Å². The lowest BCUT2D eigenvalue weighted by atomic mass is 9.94. The van der Waals surface area contributed by atoms with E-state index in [0.29, 0.717) is 12.1 Å². The zero-order valence-electron chi connectivity index (χ0n) is 11.5. The van der Waals surface area contributed by atoms with Crippen LogP contribution in [0.1, 0.15) is 50.0 Å². The summed E-state index contributed by atoms with van der Waals surface area (Å²) in [6.45, 7) is 0. The number of nitrogens with zero attached hydrogens (tertiary/aromatic N) is 1. The summed E-state index contributed by atoms with van der Waals surface area (Å²) in [6.07, 6.45) is 5.69. The molecule has 2 N–H and O–H groups in total. The van der Waals surface area contributed by atoms with E-state index in [1.807, 2.05) is 12.1 Å². The van der Waals surface area contributed by atoms with Crippen LogP contribution in [0, 0.1) is 0 Å². The average Bonchev–Trinajstić information content (AvgIpc) is 2.76. The average molecular weight is 272 g/mol. The first-order valence-corrected chi connectivity index (χ1v) is 7.38. The summed E-state index contributed by atoms with van der Waals surface area (Å²) in [4.78, 5) is 26.3. The standard InChI is InChI=1S/C16H20N2O2/c17-12-8-6-11(7-9-12)14-10-15(19)18(16(14)20)13-4-2-1-3-5-13/h6-9,13-14H,1-5,10,17H2. The Morgan fingerprint density at radius 3 is 2.30 bits per heavy atom. The Hall–Kier alpha value is -1.84. The molecule has 1 aromatic rings. The van der Waals surface area contributed by atoms with E-state index in [1.165, 1.54) is 6.42 Å². The number of imide groups is 1. The van der Waals surface area contributed by atoms with Gasteiger partial charge in [-0.3, -0.25) is 14.5 Å². The maximum Gasteiger partial charge on any atom is 0.237 e. The van der Waals surface area contributed by atoms with Crippen LogP contribution in [0.3, 0.4) is 0 Å². The number of hydrogen-bond donors (Lipinski definition) is 1. The largest absolute Gasteiger partial charge is 0.399 e. The van der Waals surface area contributed by atoms with Crippen molar-refractivity contribution >= 4 is 17.5 Å². The second-order valence-corrected chi connectivity index (χ2v) is 5.82. The predicted molar refractivity (Wildman–Crippen MR) is 76.9 cm³/mol. The number of nitrogen functional groups attached to an aromatic ring is 1. The van der Waals surface area contributed by atoms with Crippen LogP contribution in [0.4, 0.5) is 5.69 Å². The van der Waals surface area contributed by atoms with Crippen molar-refractivity contribution in [2.75, 3.05) is 5.73 Å². The molecule has 3 rings (SSSR count). The van der Waals surface area contributed by atoms with E-state index in [1.54, 1.807) is 17.0 Å².